The first kappa shape index (κ1) is 9.56. The van der Waals surface area contributed by atoms with E-state index in [0.717, 1.165) is 6.07 Å². The summed E-state index contributed by atoms with van der Waals surface area (Å²) in [6.45, 7) is 0. The average Bonchev–Trinajstić information content (AvgIpc) is 1.78. The van der Waals surface area contributed by atoms with Crippen molar-refractivity contribution in [1.82, 2.24) is 9.97 Å². The average molecular weight is 193 g/mol. The molecule has 0 radical (unpaired) electrons. The van der Waals surface area contributed by atoms with Gasteiger partial charge in [-0.3, -0.25) is 4.79 Å². The van der Waals surface area contributed by atoms with Crippen LogP contribution < -0.4 is 11.3 Å². The number of halogens is 3. The van der Waals surface area contributed by atoms with E-state index in [4.69, 9.17) is 5.73 Å². The van der Waals surface area contributed by atoms with Crippen LogP contribution >= 0.6 is 0 Å². The predicted octanol–water partition coefficient (Wildman–Crippen LogP) is 0.457. The molecule has 0 aliphatic rings. The lowest BCUT2D eigenvalue weighted by Gasteiger charge is -2.04. The molecule has 1 rings (SSSR count). The molecule has 0 atom stereocenters. The zero-order chi connectivity index (χ0) is 10.1. The zero-order valence-electron chi connectivity index (χ0n) is 6.35. The number of nitrogen functional groups attached to an aromatic ring is 1. The van der Waals surface area contributed by atoms with Gasteiger partial charge in [-0.05, 0) is 0 Å². The molecule has 0 unspecified atom stereocenters. The summed E-state index contributed by atoms with van der Waals surface area (Å²) < 4.78 is 35.4. The fourth-order valence-corrected chi connectivity index (χ4v) is 0.802. The summed E-state index contributed by atoms with van der Waals surface area (Å²) in [6, 6.07) is 0.917. The molecule has 0 aliphatic carbocycles. The van der Waals surface area contributed by atoms with Crippen LogP contribution in [0, 0.1) is 0 Å². The second-order valence-corrected chi connectivity index (χ2v) is 2.41. The maximum Gasteiger partial charge on any atom is 0.396 e. The monoisotopic (exact) mass is 193 g/mol. The summed E-state index contributed by atoms with van der Waals surface area (Å²) in [5.74, 6) is -0.694. The molecule has 3 N–H and O–H groups in total. The number of hydrogen-bond acceptors (Lipinski definition) is 3. The van der Waals surface area contributed by atoms with Gasteiger partial charge in [-0.1, -0.05) is 0 Å². The van der Waals surface area contributed by atoms with Gasteiger partial charge in [0, 0.05) is 6.07 Å². The molecule has 0 fully saturated rings. The number of aromatic amines is 1. The van der Waals surface area contributed by atoms with Gasteiger partial charge in [-0.25, -0.2) is 4.98 Å². The summed E-state index contributed by atoms with van der Waals surface area (Å²) in [4.78, 5) is 15.9. The topological polar surface area (TPSA) is 71.8 Å². The first-order chi connectivity index (χ1) is 5.87. The van der Waals surface area contributed by atoms with Crippen LogP contribution in [0.5, 0.6) is 0 Å². The molecule has 7 heteroatoms. The quantitative estimate of drug-likeness (QED) is 0.680. The van der Waals surface area contributed by atoms with Crippen LogP contribution in [-0.2, 0) is 6.42 Å². The molecular weight excluding hydrogens is 187 g/mol. The van der Waals surface area contributed by atoms with Crippen molar-refractivity contribution in [3.63, 3.8) is 0 Å². The SMILES string of the molecule is Nc1cc(=O)[nH]c(CC(F)(F)F)n1. The van der Waals surface area contributed by atoms with Crippen LogP contribution in [-0.4, -0.2) is 16.1 Å². The van der Waals surface area contributed by atoms with Crippen LogP contribution in [0.25, 0.3) is 0 Å². The van der Waals surface area contributed by atoms with Crippen LogP contribution in [0.4, 0.5) is 19.0 Å². The molecule has 1 heterocycles. The van der Waals surface area contributed by atoms with Gasteiger partial charge in [0.15, 0.2) is 0 Å². The van der Waals surface area contributed by atoms with Gasteiger partial charge in [0.25, 0.3) is 5.56 Å². The Morgan fingerprint density at radius 2 is 2.15 bits per heavy atom. The van der Waals surface area contributed by atoms with Crippen molar-refractivity contribution in [2.24, 2.45) is 0 Å². The van der Waals surface area contributed by atoms with Crippen molar-refractivity contribution in [1.29, 1.82) is 0 Å². The summed E-state index contributed by atoms with van der Waals surface area (Å²) in [7, 11) is 0. The molecule has 0 bridgehead atoms. The van der Waals surface area contributed by atoms with E-state index in [0.29, 0.717) is 0 Å². The van der Waals surface area contributed by atoms with E-state index >= 15 is 0 Å². The van der Waals surface area contributed by atoms with Crippen molar-refractivity contribution in [2.45, 2.75) is 12.6 Å². The third-order valence-corrected chi connectivity index (χ3v) is 1.18. The lowest BCUT2D eigenvalue weighted by Crippen LogP contribution is -2.19. The number of H-pyrrole nitrogens is 1. The highest BCUT2D eigenvalue weighted by Gasteiger charge is 2.29. The van der Waals surface area contributed by atoms with Crippen molar-refractivity contribution in [2.75, 3.05) is 5.73 Å². The lowest BCUT2D eigenvalue weighted by molar-refractivity contribution is -0.128. The standard InChI is InChI=1S/C6H6F3N3O/c7-6(8,9)2-4-11-3(10)1-5(13)12-4/h1H,2H2,(H3,10,11,12,13). The van der Waals surface area contributed by atoms with E-state index in [1.165, 1.54) is 0 Å². The van der Waals surface area contributed by atoms with E-state index in [1.54, 1.807) is 0 Å². The van der Waals surface area contributed by atoms with Crippen LogP contribution in [0.1, 0.15) is 5.82 Å². The second-order valence-electron chi connectivity index (χ2n) is 2.41. The fraction of sp³-hybridized carbons (Fsp3) is 0.333. The minimum Gasteiger partial charge on any atom is -0.383 e. The Morgan fingerprint density at radius 1 is 1.54 bits per heavy atom. The van der Waals surface area contributed by atoms with Crippen molar-refractivity contribution < 1.29 is 13.2 Å². The van der Waals surface area contributed by atoms with E-state index in [-0.39, 0.29) is 5.82 Å². The molecule has 4 nitrogen and oxygen atoms in total. The molecule has 0 saturated heterocycles. The number of rotatable bonds is 1. The zero-order valence-corrected chi connectivity index (χ0v) is 6.35. The van der Waals surface area contributed by atoms with Gasteiger partial charge >= 0.3 is 6.18 Å². The summed E-state index contributed by atoms with van der Waals surface area (Å²) in [5, 5.41) is 0. The maximum absolute atomic E-state index is 11.8. The normalized spacial score (nSPS) is 11.6. The Kier molecular flexibility index (Phi) is 2.26. The van der Waals surface area contributed by atoms with E-state index < -0.39 is 24.0 Å². The summed E-state index contributed by atoms with van der Waals surface area (Å²) >= 11 is 0. The molecule has 0 aromatic carbocycles. The molecule has 0 aliphatic heterocycles. The Morgan fingerprint density at radius 3 is 2.62 bits per heavy atom. The van der Waals surface area contributed by atoms with E-state index in [2.05, 4.69) is 4.98 Å². The molecule has 0 amide bonds. The van der Waals surface area contributed by atoms with Crippen LogP contribution in [0.15, 0.2) is 10.9 Å². The Hall–Kier alpha value is -1.53. The highest BCUT2D eigenvalue weighted by atomic mass is 19.4. The molecular formula is C6H6F3N3O. The smallest absolute Gasteiger partial charge is 0.383 e. The van der Waals surface area contributed by atoms with Gasteiger partial charge in [0.1, 0.15) is 18.1 Å². The maximum atomic E-state index is 11.8. The van der Waals surface area contributed by atoms with Gasteiger partial charge < -0.3 is 10.7 Å². The number of nitrogens with two attached hydrogens (primary N) is 1. The van der Waals surface area contributed by atoms with Gasteiger partial charge in [0.05, 0.1) is 0 Å². The number of hydrogen-bond donors (Lipinski definition) is 2. The van der Waals surface area contributed by atoms with Crippen molar-refractivity contribution >= 4 is 5.82 Å². The lowest BCUT2D eigenvalue weighted by atomic mass is 10.4. The Bertz CT molecular complexity index is 357. The number of aromatic nitrogens is 2. The molecule has 13 heavy (non-hydrogen) atoms. The van der Waals surface area contributed by atoms with Gasteiger partial charge in [-0.2, -0.15) is 13.2 Å². The van der Waals surface area contributed by atoms with Crippen molar-refractivity contribution in [3.8, 4) is 0 Å². The minimum atomic E-state index is -4.40. The molecule has 1 aromatic rings. The molecule has 1 aromatic heterocycles. The van der Waals surface area contributed by atoms with Crippen LogP contribution in [0.3, 0.4) is 0 Å². The highest BCUT2D eigenvalue weighted by Crippen LogP contribution is 2.18. The van der Waals surface area contributed by atoms with Gasteiger partial charge in [0.2, 0.25) is 0 Å². The summed E-state index contributed by atoms with van der Waals surface area (Å²) in [6.07, 6.45) is -5.68. The third-order valence-electron chi connectivity index (χ3n) is 1.18. The van der Waals surface area contributed by atoms with Gasteiger partial charge in [-0.15, -0.1) is 0 Å². The molecule has 0 saturated carbocycles. The van der Waals surface area contributed by atoms with Crippen molar-refractivity contribution in [3.05, 3.63) is 22.2 Å². The van der Waals surface area contributed by atoms with E-state index in [1.807, 2.05) is 4.98 Å². The number of anilines is 1. The third kappa shape index (κ3) is 3.14. The first-order valence-corrected chi connectivity index (χ1v) is 3.29. The number of nitrogens with zero attached hydrogens (tertiary/aromatic N) is 1. The second kappa shape index (κ2) is 3.08. The van der Waals surface area contributed by atoms with Crippen LogP contribution in [0.2, 0.25) is 0 Å². The predicted molar refractivity (Wildman–Crippen MR) is 39.0 cm³/mol. The Balaban J connectivity index is 2.96. The number of nitrogens with one attached hydrogen (secondary N) is 1. The number of alkyl halides is 3. The highest BCUT2D eigenvalue weighted by molar-refractivity contribution is 5.25. The van der Waals surface area contributed by atoms with E-state index in [9.17, 15) is 18.0 Å². The first-order valence-electron chi connectivity index (χ1n) is 3.29. The largest absolute Gasteiger partial charge is 0.396 e. The molecule has 0 spiro atoms. The molecule has 72 valence electrons. The minimum absolute atomic E-state index is 0.219. The summed E-state index contributed by atoms with van der Waals surface area (Å²) in [5.41, 5.74) is 4.39. The fourth-order valence-electron chi connectivity index (χ4n) is 0.802. The Labute approximate surface area is 70.6 Å².